The van der Waals surface area contributed by atoms with Crippen molar-refractivity contribution in [3.63, 3.8) is 0 Å². The third-order valence-corrected chi connectivity index (χ3v) is 2.68. The number of hydrogen-bond donors (Lipinski definition) is 0. The molecule has 0 spiro atoms. The standard InChI is InChI=1S/C7H4ClF3IN/c8-3-4-5(12)1-2-13-6(4)7(9,10)11/h1-2H,3H2. The van der Waals surface area contributed by atoms with Crippen LogP contribution in [0.2, 0.25) is 0 Å². The van der Waals surface area contributed by atoms with E-state index in [0.29, 0.717) is 3.57 Å². The Labute approximate surface area is 91.4 Å². The van der Waals surface area contributed by atoms with Crippen LogP contribution in [0, 0.1) is 3.57 Å². The molecule has 0 saturated heterocycles. The topological polar surface area (TPSA) is 12.9 Å². The Bertz CT molecular complexity index is 313. The van der Waals surface area contributed by atoms with Crippen LogP contribution in [0.1, 0.15) is 11.3 Å². The second kappa shape index (κ2) is 4.00. The van der Waals surface area contributed by atoms with Crippen LogP contribution < -0.4 is 0 Å². The van der Waals surface area contributed by atoms with Gasteiger partial charge in [-0.1, -0.05) is 0 Å². The maximum atomic E-state index is 12.3. The summed E-state index contributed by atoms with van der Waals surface area (Å²) in [6, 6.07) is 1.49. The van der Waals surface area contributed by atoms with E-state index in [1.54, 1.807) is 22.6 Å². The third-order valence-electron chi connectivity index (χ3n) is 1.40. The van der Waals surface area contributed by atoms with Gasteiger partial charge in [0.25, 0.3) is 0 Å². The molecule has 0 fully saturated rings. The van der Waals surface area contributed by atoms with Crippen LogP contribution in [0.25, 0.3) is 0 Å². The molecule has 0 aliphatic heterocycles. The fourth-order valence-corrected chi connectivity index (χ4v) is 1.94. The van der Waals surface area contributed by atoms with E-state index in [1.807, 2.05) is 0 Å². The van der Waals surface area contributed by atoms with Crippen molar-refractivity contribution in [2.24, 2.45) is 0 Å². The highest BCUT2D eigenvalue weighted by Crippen LogP contribution is 2.32. The van der Waals surface area contributed by atoms with E-state index in [1.165, 1.54) is 6.07 Å². The van der Waals surface area contributed by atoms with Crippen molar-refractivity contribution in [2.45, 2.75) is 12.1 Å². The van der Waals surface area contributed by atoms with Crippen molar-refractivity contribution >= 4 is 34.2 Å². The summed E-state index contributed by atoms with van der Waals surface area (Å²) in [5.74, 6) is -0.180. The molecule has 1 aromatic heterocycles. The van der Waals surface area contributed by atoms with Gasteiger partial charge in [-0.3, -0.25) is 4.98 Å². The maximum Gasteiger partial charge on any atom is 0.433 e. The molecule has 0 amide bonds. The monoisotopic (exact) mass is 321 g/mol. The van der Waals surface area contributed by atoms with Gasteiger partial charge in [-0.2, -0.15) is 13.2 Å². The van der Waals surface area contributed by atoms with Crippen LogP contribution in [0.5, 0.6) is 0 Å². The van der Waals surface area contributed by atoms with Crippen LogP contribution in [0.4, 0.5) is 13.2 Å². The van der Waals surface area contributed by atoms with E-state index in [4.69, 9.17) is 11.6 Å². The lowest BCUT2D eigenvalue weighted by Gasteiger charge is -2.10. The third kappa shape index (κ3) is 2.46. The first-order valence-corrected chi connectivity index (χ1v) is 4.84. The zero-order chi connectivity index (χ0) is 10.1. The summed E-state index contributed by atoms with van der Waals surface area (Å²) in [5, 5.41) is 0. The number of nitrogens with zero attached hydrogens (tertiary/aromatic N) is 1. The lowest BCUT2D eigenvalue weighted by atomic mass is 10.2. The largest absolute Gasteiger partial charge is 0.433 e. The SMILES string of the molecule is FC(F)(F)c1nccc(I)c1CCl. The quantitative estimate of drug-likeness (QED) is 0.570. The molecule has 13 heavy (non-hydrogen) atoms. The van der Waals surface area contributed by atoms with Gasteiger partial charge in [0.2, 0.25) is 0 Å². The van der Waals surface area contributed by atoms with E-state index < -0.39 is 11.9 Å². The Morgan fingerprint density at radius 3 is 2.46 bits per heavy atom. The van der Waals surface area contributed by atoms with E-state index in [2.05, 4.69) is 4.98 Å². The molecule has 1 aromatic rings. The second-order valence-electron chi connectivity index (χ2n) is 2.25. The number of pyridine rings is 1. The summed E-state index contributed by atoms with van der Waals surface area (Å²) in [4.78, 5) is 3.27. The first-order valence-electron chi connectivity index (χ1n) is 3.23. The zero-order valence-electron chi connectivity index (χ0n) is 6.20. The number of halogens is 5. The summed E-state index contributed by atoms with van der Waals surface area (Å²) in [6.07, 6.45) is -3.30. The highest BCUT2D eigenvalue weighted by molar-refractivity contribution is 14.1. The van der Waals surface area contributed by atoms with Crippen LogP contribution in [0.3, 0.4) is 0 Å². The fourth-order valence-electron chi connectivity index (χ4n) is 0.840. The smallest absolute Gasteiger partial charge is 0.251 e. The van der Waals surface area contributed by atoms with Gasteiger partial charge in [0, 0.05) is 15.3 Å². The summed E-state index contributed by atoms with van der Waals surface area (Å²) in [6.45, 7) is 0. The molecule has 72 valence electrons. The van der Waals surface area contributed by atoms with Gasteiger partial charge in [-0.25, -0.2) is 0 Å². The molecule has 0 aliphatic rings. The molecular weight excluding hydrogens is 317 g/mol. The van der Waals surface area contributed by atoms with Crippen molar-refractivity contribution in [1.29, 1.82) is 0 Å². The van der Waals surface area contributed by atoms with Crippen molar-refractivity contribution in [1.82, 2.24) is 4.98 Å². The molecular formula is C7H4ClF3IN. The minimum atomic E-state index is -4.43. The molecule has 0 saturated carbocycles. The van der Waals surface area contributed by atoms with Gasteiger partial charge < -0.3 is 0 Å². The molecule has 6 heteroatoms. The van der Waals surface area contributed by atoms with Gasteiger partial charge in [0.15, 0.2) is 0 Å². The maximum absolute atomic E-state index is 12.3. The van der Waals surface area contributed by atoms with Crippen molar-refractivity contribution in [3.05, 3.63) is 27.1 Å². The number of alkyl halides is 4. The van der Waals surface area contributed by atoms with Gasteiger partial charge in [0.1, 0.15) is 5.69 Å². The van der Waals surface area contributed by atoms with Crippen LogP contribution in [-0.2, 0) is 12.1 Å². The molecule has 0 aromatic carbocycles. The summed E-state index contributed by atoms with van der Waals surface area (Å²) in [7, 11) is 0. The number of rotatable bonds is 1. The van der Waals surface area contributed by atoms with Crippen LogP contribution in [0.15, 0.2) is 12.3 Å². The summed E-state index contributed by atoms with van der Waals surface area (Å²) in [5.41, 5.74) is -0.855. The van der Waals surface area contributed by atoms with Crippen LogP contribution >= 0.6 is 34.2 Å². The fraction of sp³-hybridized carbons (Fsp3) is 0.286. The molecule has 1 nitrogen and oxygen atoms in total. The Hall–Kier alpha value is -0.0400. The highest BCUT2D eigenvalue weighted by Gasteiger charge is 2.35. The minimum absolute atomic E-state index is 0.0391. The first kappa shape index (κ1) is 11.0. The predicted octanol–water partition coefficient (Wildman–Crippen LogP) is 3.44. The summed E-state index contributed by atoms with van der Waals surface area (Å²) < 4.78 is 37.4. The van der Waals surface area contributed by atoms with Gasteiger partial charge in [-0.05, 0) is 28.7 Å². The van der Waals surface area contributed by atoms with Crippen molar-refractivity contribution < 1.29 is 13.2 Å². The average molecular weight is 321 g/mol. The van der Waals surface area contributed by atoms with Gasteiger partial charge in [-0.15, -0.1) is 11.6 Å². The van der Waals surface area contributed by atoms with Gasteiger partial charge >= 0.3 is 6.18 Å². The van der Waals surface area contributed by atoms with E-state index in [9.17, 15) is 13.2 Å². The first-order chi connectivity index (χ1) is 5.96. The lowest BCUT2D eigenvalue weighted by Crippen LogP contribution is -2.12. The molecule has 0 atom stereocenters. The summed E-state index contributed by atoms with van der Waals surface area (Å²) >= 11 is 7.20. The Kier molecular flexibility index (Phi) is 3.39. The minimum Gasteiger partial charge on any atom is -0.251 e. The van der Waals surface area contributed by atoms with Crippen LogP contribution in [-0.4, -0.2) is 4.98 Å². The molecule has 0 unspecified atom stereocenters. The Morgan fingerprint density at radius 1 is 1.46 bits per heavy atom. The molecule has 0 radical (unpaired) electrons. The van der Waals surface area contributed by atoms with Gasteiger partial charge in [0.05, 0.1) is 5.88 Å². The second-order valence-corrected chi connectivity index (χ2v) is 3.68. The molecule has 1 heterocycles. The number of aromatic nitrogens is 1. The highest BCUT2D eigenvalue weighted by atomic mass is 127. The lowest BCUT2D eigenvalue weighted by molar-refractivity contribution is -0.141. The molecule has 0 N–H and O–H groups in total. The van der Waals surface area contributed by atoms with Crippen molar-refractivity contribution in [2.75, 3.05) is 0 Å². The zero-order valence-corrected chi connectivity index (χ0v) is 9.11. The van der Waals surface area contributed by atoms with E-state index in [-0.39, 0.29) is 11.4 Å². The Balaban J connectivity index is 3.29. The normalized spacial score (nSPS) is 11.8. The van der Waals surface area contributed by atoms with Crippen molar-refractivity contribution in [3.8, 4) is 0 Å². The van der Waals surface area contributed by atoms with E-state index >= 15 is 0 Å². The Morgan fingerprint density at radius 2 is 2.08 bits per heavy atom. The van der Waals surface area contributed by atoms with E-state index in [0.717, 1.165) is 6.20 Å². The molecule has 1 rings (SSSR count). The molecule has 0 aliphatic carbocycles. The molecule has 0 bridgehead atoms. The predicted molar refractivity (Wildman–Crippen MR) is 51.5 cm³/mol. The number of hydrogen-bond acceptors (Lipinski definition) is 1. The average Bonchev–Trinajstić information content (AvgIpc) is 2.02.